The largest absolute Gasteiger partial charge is 0.490 e. The number of aliphatic hydroxyl groups is 1. The molecule has 35 heavy (non-hydrogen) atoms. The number of aliphatic imine (C=N–C) groups is 1. The first-order valence-corrected chi connectivity index (χ1v) is 13.7. The molecular weight excluding hydrogens is 543 g/mol. The van der Waals surface area contributed by atoms with Crippen LogP contribution in [0.1, 0.15) is 13.8 Å². The van der Waals surface area contributed by atoms with Crippen LogP contribution in [0.25, 0.3) is 0 Å². The van der Waals surface area contributed by atoms with Gasteiger partial charge in [0, 0.05) is 31.3 Å². The normalized spacial score (nSPS) is 28.1. The molecule has 7 N–H and O–H groups in total. The van der Waals surface area contributed by atoms with Crippen molar-refractivity contribution in [3.8, 4) is 0 Å². The van der Waals surface area contributed by atoms with Crippen molar-refractivity contribution in [3.05, 3.63) is 24.0 Å². The monoisotopic (exact) mass is 565 g/mol. The van der Waals surface area contributed by atoms with E-state index in [1.807, 2.05) is 0 Å². The average Bonchev–Trinajstić information content (AvgIpc) is 2.92. The van der Waals surface area contributed by atoms with Crippen LogP contribution in [0.4, 0.5) is 0 Å². The van der Waals surface area contributed by atoms with Gasteiger partial charge in [0.15, 0.2) is 6.10 Å². The third kappa shape index (κ3) is 8.99. The molecule has 2 heterocycles. The molecule has 0 saturated carbocycles. The summed E-state index contributed by atoms with van der Waals surface area (Å²) in [7, 11) is -16.8. The molecule has 2 aliphatic heterocycles. The second-order valence-corrected chi connectivity index (χ2v) is 11.3. The minimum Gasteiger partial charge on any atom is -0.457 e. The number of phosphoric acid groups is 3. The fraction of sp³-hybridized carbons (Fsp3) is 0.500. The first kappa shape index (κ1) is 29.5. The Kier molecular flexibility index (Phi) is 9.33. The highest BCUT2D eigenvalue weighted by Crippen LogP contribution is 2.66. The van der Waals surface area contributed by atoms with Gasteiger partial charge in [-0.3, -0.25) is 19.4 Å². The first-order valence-electron chi connectivity index (χ1n) is 9.20. The molecule has 3 unspecified atom stereocenters. The Morgan fingerprint density at radius 1 is 1.17 bits per heavy atom. The van der Waals surface area contributed by atoms with E-state index in [1.165, 1.54) is 13.1 Å². The lowest BCUT2D eigenvalue weighted by molar-refractivity contribution is -0.151. The van der Waals surface area contributed by atoms with Gasteiger partial charge in [0.1, 0.15) is 18.3 Å². The molecule has 2 aliphatic rings. The third-order valence-electron chi connectivity index (χ3n) is 4.01. The Balaban J connectivity index is 2.17. The summed E-state index contributed by atoms with van der Waals surface area (Å²) in [5, 5.41) is 15.6. The molecule has 6 atom stereocenters. The molecule has 198 valence electrons. The van der Waals surface area contributed by atoms with Crippen molar-refractivity contribution in [2.75, 3.05) is 6.61 Å². The van der Waals surface area contributed by atoms with E-state index >= 15 is 0 Å². The lowest BCUT2D eigenvalue weighted by Crippen LogP contribution is -2.44. The summed E-state index contributed by atoms with van der Waals surface area (Å²) in [6, 6.07) is 0. The molecule has 0 bridgehead atoms. The number of nitrogens with one attached hydrogen (secondary N) is 2. The fourth-order valence-corrected chi connectivity index (χ4v) is 5.88. The number of aliphatic hydroxyl groups excluding tert-OH is 1. The van der Waals surface area contributed by atoms with E-state index in [1.54, 1.807) is 0 Å². The van der Waals surface area contributed by atoms with Gasteiger partial charge in [-0.05, 0) is 0 Å². The summed E-state index contributed by atoms with van der Waals surface area (Å²) in [5.74, 6) is -1.23. The van der Waals surface area contributed by atoms with Crippen molar-refractivity contribution in [3.63, 3.8) is 0 Å². The zero-order valence-corrected chi connectivity index (χ0v) is 20.6. The van der Waals surface area contributed by atoms with Gasteiger partial charge in [0.05, 0.1) is 6.61 Å². The Bertz CT molecular complexity index is 1080. The van der Waals surface area contributed by atoms with Crippen molar-refractivity contribution in [1.82, 2.24) is 10.6 Å². The van der Waals surface area contributed by atoms with Gasteiger partial charge < -0.3 is 39.5 Å². The van der Waals surface area contributed by atoms with Crippen LogP contribution in [-0.2, 0) is 45.9 Å². The van der Waals surface area contributed by atoms with Crippen LogP contribution in [0.3, 0.4) is 0 Å². The number of ether oxygens (including phenoxy) is 2. The van der Waals surface area contributed by atoms with Gasteiger partial charge in [-0.2, -0.15) is 8.62 Å². The molecule has 21 heteroatoms. The summed E-state index contributed by atoms with van der Waals surface area (Å²) in [4.78, 5) is 62.5. The van der Waals surface area contributed by atoms with Gasteiger partial charge in [0.25, 0.3) is 0 Å². The number of amides is 1. The van der Waals surface area contributed by atoms with Crippen molar-refractivity contribution in [2.45, 2.75) is 38.3 Å². The minimum absolute atomic E-state index is 0.0260. The molecule has 18 nitrogen and oxygen atoms in total. The summed E-state index contributed by atoms with van der Waals surface area (Å²) >= 11 is 0. The molecular formula is C14H22N3O15P3. The predicted molar refractivity (Wildman–Crippen MR) is 112 cm³/mol. The van der Waals surface area contributed by atoms with E-state index < -0.39 is 66.4 Å². The van der Waals surface area contributed by atoms with Gasteiger partial charge in [-0.1, -0.05) is 6.58 Å². The van der Waals surface area contributed by atoms with Crippen molar-refractivity contribution < 1.29 is 70.6 Å². The molecule has 0 aromatic carbocycles. The number of hydrogen-bond acceptors (Lipinski definition) is 13. The van der Waals surface area contributed by atoms with Gasteiger partial charge in [-0.15, -0.1) is 0 Å². The van der Waals surface area contributed by atoms with E-state index in [4.69, 9.17) is 19.3 Å². The van der Waals surface area contributed by atoms with E-state index in [-0.39, 0.29) is 17.2 Å². The second kappa shape index (κ2) is 11.1. The van der Waals surface area contributed by atoms with Crippen LogP contribution in [0.15, 0.2) is 29.0 Å². The van der Waals surface area contributed by atoms with Crippen LogP contribution in [0, 0.1) is 0 Å². The molecule has 2 rings (SSSR count). The number of nitrogens with zero attached hydrogens (tertiary/aromatic N) is 1. The topological polar surface area (TPSA) is 269 Å². The number of esters is 1. The van der Waals surface area contributed by atoms with E-state index in [0.29, 0.717) is 0 Å². The Morgan fingerprint density at radius 3 is 2.31 bits per heavy atom. The summed E-state index contributed by atoms with van der Waals surface area (Å²) in [6.45, 7) is 5.01. The van der Waals surface area contributed by atoms with E-state index in [9.17, 15) is 38.2 Å². The molecule has 0 aromatic heterocycles. The van der Waals surface area contributed by atoms with E-state index in [0.717, 1.165) is 6.92 Å². The quantitative estimate of drug-likeness (QED) is 0.129. The third-order valence-corrected chi connectivity index (χ3v) is 7.81. The molecule has 0 spiro atoms. The molecule has 0 radical (unpaired) electrons. The lowest BCUT2D eigenvalue weighted by atomic mass is 9.99. The zero-order chi connectivity index (χ0) is 26.8. The van der Waals surface area contributed by atoms with Crippen LogP contribution >= 0.6 is 23.5 Å². The summed E-state index contributed by atoms with van der Waals surface area (Å²) in [6.07, 6.45) is -4.62. The van der Waals surface area contributed by atoms with Crippen LogP contribution in [0.2, 0.25) is 0 Å². The number of carbonyl (C=O) groups excluding carboxylic acids is 2. The van der Waals surface area contributed by atoms with Crippen LogP contribution in [0.5, 0.6) is 0 Å². The molecule has 0 aromatic rings. The molecule has 1 saturated heterocycles. The van der Waals surface area contributed by atoms with Gasteiger partial charge in [0.2, 0.25) is 11.9 Å². The highest BCUT2D eigenvalue weighted by Gasteiger charge is 2.50. The van der Waals surface area contributed by atoms with Crippen LogP contribution in [-0.4, -0.2) is 73.5 Å². The van der Waals surface area contributed by atoms with E-state index in [2.05, 4.69) is 35.3 Å². The first-order chi connectivity index (χ1) is 15.9. The van der Waals surface area contributed by atoms with Crippen LogP contribution < -0.4 is 10.6 Å². The van der Waals surface area contributed by atoms with Crippen molar-refractivity contribution in [1.29, 1.82) is 0 Å². The number of rotatable bonds is 9. The minimum atomic E-state index is -5.75. The SMILES string of the molecule is C=C1NC(NC(C)=O)=NC=C1[C@@H]1O[C@H](COP(=O)(O)OP(=O)(O)OP(=O)(O)O)[C@H](O)C1OC(C)=O. The number of carbonyl (C=O) groups is 2. The Hall–Kier alpha value is -1.78. The second-order valence-electron chi connectivity index (χ2n) is 6.89. The average molecular weight is 565 g/mol. The van der Waals surface area contributed by atoms with Crippen molar-refractivity contribution in [2.24, 2.45) is 4.99 Å². The maximum atomic E-state index is 11.9. The lowest BCUT2D eigenvalue weighted by Gasteiger charge is -2.26. The number of guanidine groups is 1. The number of hydrogen-bond donors (Lipinski definition) is 7. The highest BCUT2D eigenvalue weighted by molar-refractivity contribution is 7.66. The molecule has 1 amide bonds. The van der Waals surface area contributed by atoms with Gasteiger partial charge in [-0.25, -0.2) is 18.7 Å². The summed E-state index contributed by atoms with van der Waals surface area (Å²) < 4.78 is 56.3. The Labute approximate surface area is 197 Å². The highest BCUT2D eigenvalue weighted by atomic mass is 31.3. The summed E-state index contributed by atoms with van der Waals surface area (Å²) in [5.41, 5.74) is 0.289. The standard InChI is InChI=1S/C14H22N3O15P3/c1-6-9(4-15-14(16-6)17-7(2)18)12-13(29-8(3)19)11(20)10(30-12)5-28-34(24,25)32-35(26,27)31-33(21,22)23/h4,10-13,20H,1,5H2,2-3H3,(H,24,25)(H,26,27)(H2,21,22,23)(H2,15,16,17,18)/t10-,11+,12+,13?/m1/s1. The Morgan fingerprint density at radius 2 is 1.80 bits per heavy atom. The van der Waals surface area contributed by atoms with Crippen molar-refractivity contribution >= 4 is 41.3 Å². The fourth-order valence-electron chi connectivity index (χ4n) is 2.85. The smallest absolute Gasteiger partial charge is 0.457 e. The van der Waals surface area contributed by atoms with Gasteiger partial charge >= 0.3 is 29.4 Å². The zero-order valence-electron chi connectivity index (χ0n) is 17.9. The number of phosphoric ester groups is 1. The molecule has 0 aliphatic carbocycles. The maximum absolute atomic E-state index is 11.9. The predicted octanol–water partition coefficient (Wildman–Crippen LogP) is -1.12. The molecule has 1 fully saturated rings. The maximum Gasteiger partial charge on any atom is 0.490 e.